The summed E-state index contributed by atoms with van der Waals surface area (Å²) in [5.41, 5.74) is 2.56. The molecule has 0 saturated carbocycles. The largest absolute Gasteiger partial charge is 0.493 e. The fourth-order valence-electron chi connectivity index (χ4n) is 3.67. The second kappa shape index (κ2) is 9.99. The third-order valence-electron chi connectivity index (χ3n) is 5.36. The van der Waals surface area contributed by atoms with Gasteiger partial charge in [-0.1, -0.05) is 60.7 Å². The number of nitrogens with zero attached hydrogens (tertiary/aromatic N) is 3. The summed E-state index contributed by atoms with van der Waals surface area (Å²) < 4.78 is 16.5. The van der Waals surface area contributed by atoms with E-state index in [1.807, 2.05) is 66.7 Å². The maximum atomic E-state index is 13.5. The predicted molar refractivity (Wildman–Crippen MR) is 124 cm³/mol. The Morgan fingerprint density at radius 1 is 0.879 bits per heavy atom. The monoisotopic (exact) mass is 443 g/mol. The zero-order chi connectivity index (χ0) is 23.2. The number of hydrogen-bond donors (Lipinski definition) is 0. The van der Waals surface area contributed by atoms with Crippen LogP contribution in [0, 0.1) is 0 Å². The van der Waals surface area contributed by atoms with E-state index >= 15 is 0 Å². The number of amides is 1. The van der Waals surface area contributed by atoms with Crippen molar-refractivity contribution in [1.29, 1.82) is 0 Å². The topological polar surface area (TPSA) is 77.7 Å². The molecule has 0 N–H and O–H groups in total. The van der Waals surface area contributed by atoms with Crippen molar-refractivity contribution < 1.29 is 18.7 Å². The van der Waals surface area contributed by atoms with Gasteiger partial charge in [-0.05, 0) is 29.3 Å². The molecule has 0 spiro atoms. The summed E-state index contributed by atoms with van der Waals surface area (Å²) in [5.74, 6) is 1.38. The van der Waals surface area contributed by atoms with Crippen molar-refractivity contribution in [2.75, 3.05) is 21.3 Å². The van der Waals surface area contributed by atoms with E-state index in [2.05, 4.69) is 10.2 Å². The lowest BCUT2D eigenvalue weighted by Crippen LogP contribution is -2.32. The molecule has 33 heavy (non-hydrogen) atoms. The van der Waals surface area contributed by atoms with E-state index in [1.165, 1.54) is 0 Å². The first-order valence-electron chi connectivity index (χ1n) is 10.5. The number of ether oxygens (including phenoxy) is 2. The van der Waals surface area contributed by atoms with Gasteiger partial charge < -0.3 is 18.8 Å². The number of rotatable bonds is 8. The Kier molecular flexibility index (Phi) is 6.69. The van der Waals surface area contributed by atoms with Gasteiger partial charge in [-0.2, -0.15) is 0 Å². The SMILES string of the molecule is COc1ccc(-c2nnc(CN(C)C(=O)C(c3ccccc3)c3ccccc3)o2)cc1OC. The lowest BCUT2D eigenvalue weighted by atomic mass is 9.90. The van der Waals surface area contributed by atoms with E-state index in [0.29, 0.717) is 28.8 Å². The molecule has 7 nitrogen and oxygen atoms in total. The Morgan fingerprint density at radius 3 is 2.06 bits per heavy atom. The highest BCUT2D eigenvalue weighted by atomic mass is 16.5. The first kappa shape index (κ1) is 22.1. The summed E-state index contributed by atoms with van der Waals surface area (Å²) >= 11 is 0. The minimum absolute atomic E-state index is 0.0572. The van der Waals surface area contributed by atoms with Crippen LogP contribution in [0.4, 0.5) is 0 Å². The maximum Gasteiger partial charge on any atom is 0.247 e. The number of hydrogen-bond acceptors (Lipinski definition) is 6. The van der Waals surface area contributed by atoms with Crippen molar-refractivity contribution >= 4 is 5.91 Å². The molecule has 0 bridgehead atoms. The molecule has 0 unspecified atom stereocenters. The highest BCUT2D eigenvalue weighted by Gasteiger charge is 2.26. The molecule has 0 atom stereocenters. The fraction of sp³-hybridized carbons (Fsp3) is 0.192. The zero-order valence-corrected chi connectivity index (χ0v) is 18.8. The molecule has 0 aliphatic rings. The van der Waals surface area contributed by atoms with E-state index in [0.717, 1.165) is 11.1 Å². The van der Waals surface area contributed by atoms with Crippen LogP contribution in [0.25, 0.3) is 11.5 Å². The van der Waals surface area contributed by atoms with E-state index in [1.54, 1.807) is 38.3 Å². The summed E-state index contributed by atoms with van der Waals surface area (Å²) in [7, 11) is 4.88. The molecule has 1 aromatic heterocycles. The Hall–Kier alpha value is -4.13. The van der Waals surface area contributed by atoms with Gasteiger partial charge in [0.25, 0.3) is 0 Å². The number of carbonyl (C=O) groups excluding carboxylic acids is 1. The number of aromatic nitrogens is 2. The average molecular weight is 444 g/mol. The van der Waals surface area contributed by atoms with Crippen molar-refractivity contribution in [1.82, 2.24) is 15.1 Å². The minimum Gasteiger partial charge on any atom is -0.493 e. The molecule has 1 heterocycles. The van der Waals surface area contributed by atoms with Crippen molar-refractivity contribution in [3.63, 3.8) is 0 Å². The third kappa shape index (κ3) is 4.87. The molecule has 3 aromatic carbocycles. The van der Waals surface area contributed by atoms with Crippen molar-refractivity contribution in [3.05, 3.63) is 95.9 Å². The summed E-state index contributed by atoms with van der Waals surface area (Å²) in [6, 6.07) is 24.8. The van der Waals surface area contributed by atoms with E-state index < -0.39 is 5.92 Å². The van der Waals surface area contributed by atoms with Crippen molar-refractivity contribution in [3.8, 4) is 23.0 Å². The van der Waals surface area contributed by atoms with Crippen LogP contribution < -0.4 is 9.47 Å². The molecular weight excluding hydrogens is 418 g/mol. The number of benzene rings is 3. The Morgan fingerprint density at radius 2 is 1.48 bits per heavy atom. The molecule has 4 aromatic rings. The Bertz CT molecular complexity index is 1170. The van der Waals surface area contributed by atoms with Gasteiger partial charge in [0, 0.05) is 12.6 Å². The van der Waals surface area contributed by atoms with Crippen molar-refractivity contribution in [2.24, 2.45) is 0 Å². The van der Waals surface area contributed by atoms with Gasteiger partial charge in [-0.3, -0.25) is 4.79 Å². The fourth-order valence-corrected chi connectivity index (χ4v) is 3.67. The number of methoxy groups -OCH3 is 2. The average Bonchev–Trinajstić information content (AvgIpc) is 3.33. The van der Waals surface area contributed by atoms with E-state index in [9.17, 15) is 4.79 Å². The summed E-state index contributed by atoms with van der Waals surface area (Å²) in [6.45, 7) is 0.190. The molecule has 0 radical (unpaired) electrons. The van der Waals surface area contributed by atoms with Gasteiger partial charge in [0.1, 0.15) is 0 Å². The first-order valence-corrected chi connectivity index (χ1v) is 10.5. The lowest BCUT2D eigenvalue weighted by Gasteiger charge is -2.23. The second-order valence-corrected chi connectivity index (χ2v) is 7.52. The van der Waals surface area contributed by atoms with E-state index in [-0.39, 0.29) is 12.5 Å². The summed E-state index contributed by atoms with van der Waals surface area (Å²) in [5, 5.41) is 8.28. The quantitative estimate of drug-likeness (QED) is 0.398. The smallest absolute Gasteiger partial charge is 0.247 e. The van der Waals surface area contributed by atoms with Gasteiger partial charge in [0.2, 0.25) is 17.7 Å². The van der Waals surface area contributed by atoms with Gasteiger partial charge >= 0.3 is 0 Å². The lowest BCUT2D eigenvalue weighted by molar-refractivity contribution is -0.131. The van der Waals surface area contributed by atoms with Crippen LogP contribution in [0.15, 0.2) is 83.3 Å². The highest BCUT2D eigenvalue weighted by Crippen LogP contribution is 2.32. The maximum absolute atomic E-state index is 13.5. The molecular formula is C26H25N3O4. The minimum atomic E-state index is -0.425. The first-order chi connectivity index (χ1) is 16.1. The van der Waals surface area contributed by atoms with Crippen molar-refractivity contribution in [2.45, 2.75) is 12.5 Å². The van der Waals surface area contributed by atoms with Crippen LogP contribution in [0.5, 0.6) is 11.5 Å². The molecule has 0 aliphatic heterocycles. The van der Waals surface area contributed by atoms with Crippen LogP contribution in [-0.2, 0) is 11.3 Å². The number of likely N-dealkylation sites (N-methyl/N-ethyl adjacent to an activating group) is 1. The van der Waals surface area contributed by atoms with Crippen LogP contribution in [0.3, 0.4) is 0 Å². The van der Waals surface area contributed by atoms with Crippen LogP contribution in [0.1, 0.15) is 22.9 Å². The zero-order valence-electron chi connectivity index (χ0n) is 18.8. The van der Waals surface area contributed by atoms with Crippen LogP contribution in [0.2, 0.25) is 0 Å². The molecule has 0 fully saturated rings. The molecule has 4 rings (SSSR count). The normalized spacial score (nSPS) is 10.8. The van der Waals surface area contributed by atoms with Crippen LogP contribution in [-0.4, -0.2) is 42.3 Å². The Labute approximate surface area is 192 Å². The van der Waals surface area contributed by atoms with E-state index in [4.69, 9.17) is 13.9 Å². The number of carbonyl (C=O) groups is 1. The van der Waals surface area contributed by atoms with Gasteiger partial charge in [-0.15, -0.1) is 10.2 Å². The third-order valence-corrected chi connectivity index (χ3v) is 5.36. The molecule has 1 amide bonds. The van der Waals surface area contributed by atoms with Gasteiger partial charge in [0.05, 0.1) is 26.7 Å². The molecule has 0 saturated heterocycles. The summed E-state index contributed by atoms with van der Waals surface area (Å²) in [6.07, 6.45) is 0. The molecule has 7 heteroatoms. The van der Waals surface area contributed by atoms with Gasteiger partial charge in [0.15, 0.2) is 11.5 Å². The standard InChI is InChI=1S/C26H25N3O4/c1-29(26(30)24(18-10-6-4-7-11-18)19-12-8-5-9-13-19)17-23-27-28-25(33-23)20-14-15-21(31-2)22(16-20)32-3/h4-16,24H,17H2,1-3H3. The van der Waals surface area contributed by atoms with Gasteiger partial charge in [-0.25, -0.2) is 0 Å². The molecule has 168 valence electrons. The second-order valence-electron chi connectivity index (χ2n) is 7.52. The highest BCUT2D eigenvalue weighted by molar-refractivity contribution is 5.87. The summed E-state index contributed by atoms with van der Waals surface area (Å²) in [4.78, 5) is 15.1. The molecule has 0 aliphatic carbocycles. The predicted octanol–water partition coefficient (Wildman–Crippen LogP) is 4.54. The Balaban J connectivity index is 1.55. The van der Waals surface area contributed by atoms with Crippen LogP contribution >= 0.6 is 0 Å².